The molecule has 0 radical (unpaired) electrons. The maximum atomic E-state index is 11.6. The van der Waals surface area contributed by atoms with E-state index in [9.17, 15) is 4.79 Å². The van der Waals surface area contributed by atoms with Crippen LogP contribution in [0.1, 0.15) is 31.7 Å². The number of nitrogens with zero attached hydrogens (tertiary/aromatic N) is 1. The van der Waals surface area contributed by atoms with Crippen LogP contribution in [0.2, 0.25) is 0 Å². The van der Waals surface area contributed by atoms with E-state index in [0.717, 1.165) is 49.4 Å². The van der Waals surface area contributed by atoms with Gasteiger partial charge in [0, 0.05) is 6.42 Å². The third-order valence-corrected chi connectivity index (χ3v) is 4.59. The number of carbonyl (C=O) groups is 1. The molecule has 25 heavy (non-hydrogen) atoms. The zero-order chi connectivity index (χ0) is 18.1. The van der Waals surface area contributed by atoms with Gasteiger partial charge in [-0.25, -0.2) is 0 Å². The number of rotatable bonds is 8. The molecule has 0 aromatic heterocycles. The summed E-state index contributed by atoms with van der Waals surface area (Å²) >= 11 is 0. The summed E-state index contributed by atoms with van der Waals surface area (Å²) in [6.45, 7) is 9.18. The Labute approximate surface area is 151 Å². The highest BCUT2D eigenvalue weighted by Crippen LogP contribution is 2.22. The summed E-state index contributed by atoms with van der Waals surface area (Å²) in [6.07, 6.45) is 4.60. The number of ether oxygens (including phenoxy) is 2. The molecule has 0 aliphatic carbocycles. The standard InChI is InChI=1S/C21H29NO3/c1-4-25-21(23)15-18-10-12-22(13-11-18)16-20(24-3)14-17(2)19-8-6-5-7-9-19/h5-9,14,18H,2,4,10-13,15-16H2,1,3H3/b20-14-. The van der Waals surface area contributed by atoms with Crippen LogP contribution in [-0.2, 0) is 14.3 Å². The Bertz CT molecular complexity index is 586. The fourth-order valence-electron chi connectivity index (χ4n) is 3.12. The van der Waals surface area contributed by atoms with E-state index in [4.69, 9.17) is 9.47 Å². The molecule has 1 aliphatic heterocycles. The fourth-order valence-corrected chi connectivity index (χ4v) is 3.12. The molecule has 1 aromatic rings. The Kier molecular flexibility index (Phi) is 7.74. The molecule has 1 aliphatic rings. The summed E-state index contributed by atoms with van der Waals surface area (Å²) in [5, 5.41) is 0. The van der Waals surface area contributed by atoms with Crippen molar-refractivity contribution < 1.29 is 14.3 Å². The minimum atomic E-state index is -0.0717. The van der Waals surface area contributed by atoms with Crippen LogP contribution in [0.25, 0.3) is 5.57 Å². The van der Waals surface area contributed by atoms with Gasteiger partial charge in [0.2, 0.25) is 0 Å². The molecule has 0 N–H and O–H groups in total. The number of hydrogen-bond acceptors (Lipinski definition) is 4. The minimum Gasteiger partial charge on any atom is -0.500 e. The number of carbonyl (C=O) groups excluding carboxylic acids is 1. The molecule has 1 fully saturated rings. The molecule has 0 amide bonds. The van der Waals surface area contributed by atoms with E-state index in [0.29, 0.717) is 18.9 Å². The molecule has 2 rings (SSSR count). The maximum absolute atomic E-state index is 11.6. The average Bonchev–Trinajstić information content (AvgIpc) is 2.63. The SMILES string of the molecule is C=C(/C=C(/CN1CCC(CC(=O)OCC)CC1)OC)c1ccccc1. The Hall–Kier alpha value is -2.07. The van der Waals surface area contributed by atoms with Crippen LogP contribution < -0.4 is 0 Å². The lowest BCUT2D eigenvalue weighted by molar-refractivity contribution is -0.144. The summed E-state index contributed by atoms with van der Waals surface area (Å²) in [6, 6.07) is 10.1. The summed E-state index contributed by atoms with van der Waals surface area (Å²) < 4.78 is 10.6. The molecule has 4 heteroatoms. The first-order valence-corrected chi connectivity index (χ1v) is 8.99. The van der Waals surface area contributed by atoms with Crippen molar-refractivity contribution in [2.45, 2.75) is 26.2 Å². The van der Waals surface area contributed by atoms with Gasteiger partial charge in [-0.1, -0.05) is 36.9 Å². The maximum Gasteiger partial charge on any atom is 0.306 e. The number of allylic oxidation sites excluding steroid dienone is 2. The van der Waals surface area contributed by atoms with Crippen LogP contribution in [0.4, 0.5) is 0 Å². The second-order valence-corrected chi connectivity index (χ2v) is 6.43. The van der Waals surface area contributed by atoms with Crippen LogP contribution in [0, 0.1) is 5.92 Å². The van der Waals surface area contributed by atoms with Gasteiger partial charge in [0.25, 0.3) is 0 Å². The van der Waals surface area contributed by atoms with Crippen molar-refractivity contribution in [2.24, 2.45) is 5.92 Å². The molecular weight excluding hydrogens is 314 g/mol. The fraction of sp³-hybridized carbons (Fsp3) is 0.476. The summed E-state index contributed by atoms with van der Waals surface area (Å²) in [7, 11) is 1.71. The Balaban J connectivity index is 1.83. The molecule has 0 saturated carbocycles. The van der Waals surface area contributed by atoms with Gasteiger partial charge in [-0.3, -0.25) is 9.69 Å². The van der Waals surface area contributed by atoms with Crippen LogP contribution in [0.15, 0.2) is 48.7 Å². The minimum absolute atomic E-state index is 0.0717. The van der Waals surface area contributed by atoms with Gasteiger partial charge >= 0.3 is 5.97 Å². The van der Waals surface area contributed by atoms with Gasteiger partial charge in [-0.2, -0.15) is 0 Å². The van der Waals surface area contributed by atoms with Crippen LogP contribution >= 0.6 is 0 Å². The third-order valence-electron chi connectivity index (χ3n) is 4.59. The van der Waals surface area contributed by atoms with Crippen LogP contribution in [0.5, 0.6) is 0 Å². The highest BCUT2D eigenvalue weighted by molar-refractivity contribution is 5.72. The van der Waals surface area contributed by atoms with E-state index in [2.05, 4.69) is 11.5 Å². The highest BCUT2D eigenvalue weighted by Gasteiger charge is 2.22. The topological polar surface area (TPSA) is 38.8 Å². The lowest BCUT2D eigenvalue weighted by Gasteiger charge is -2.31. The van der Waals surface area contributed by atoms with Crippen molar-refractivity contribution >= 4 is 11.5 Å². The van der Waals surface area contributed by atoms with Crippen molar-refractivity contribution in [2.75, 3.05) is 33.4 Å². The molecule has 0 spiro atoms. The lowest BCUT2D eigenvalue weighted by atomic mass is 9.93. The number of benzene rings is 1. The predicted molar refractivity (Wildman–Crippen MR) is 101 cm³/mol. The number of esters is 1. The second-order valence-electron chi connectivity index (χ2n) is 6.43. The molecule has 4 nitrogen and oxygen atoms in total. The number of hydrogen-bond donors (Lipinski definition) is 0. The van der Waals surface area contributed by atoms with Gasteiger partial charge in [-0.05, 0) is 56.0 Å². The summed E-state index contributed by atoms with van der Waals surface area (Å²) in [4.78, 5) is 14.0. The molecule has 1 saturated heterocycles. The number of piperidine rings is 1. The van der Waals surface area contributed by atoms with E-state index in [-0.39, 0.29) is 5.97 Å². The van der Waals surface area contributed by atoms with Gasteiger partial charge in [-0.15, -0.1) is 0 Å². The quantitative estimate of drug-likeness (QED) is 0.408. The Morgan fingerprint density at radius 2 is 1.96 bits per heavy atom. The van der Waals surface area contributed by atoms with E-state index < -0.39 is 0 Å². The van der Waals surface area contributed by atoms with Gasteiger partial charge in [0.1, 0.15) is 5.76 Å². The van der Waals surface area contributed by atoms with Crippen molar-refractivity contribution in [1.29, 1.82) is 0 Å². The molecule has 0 atom stereocenters. The zero-order valence-corrected chi connectivity index (χ0v) is 15.4. The van der Waals surface area contributed by atoms with Gasteiger partial charge in [0.15, 0.2) is 0 Å². The first kappa shape index (κ1) is 19.3. The smallest absolute Gasteiger partial charge is 0.306 e. The zero-order valence-electron chi connectivity index (χ0n) is 15.4. The monoisotopic (exact) mass is 343 g/mol. The number of methoxy groups -OCH3 is 1. The van der Waals surface area contributed by atoms with Gasteiger partial charge in [0.05, 0.1) is 20.3 Å². The predicted octanol–water partition coefficient (Wildman–Crippen LogP) is 3.90. The largest absolute Gasteiger partial charge is 0.500 e. The van der Waals surface area contributed by atoms with E-state index in [1.165, 1.54) is 0 Å². The van der Waals surface area contributed by atoms with Crippen molar-refractivity contribution in [3.8, 4) is 0 Å². The molecule has 1 aromatic carbocycles. The average molecular weight is 343 g/mol. The molecule has 0 unspecified atom stereocenters. The van der Waals surface area contributed by atoms with Crippen LogP contribution in [-0.4, -0.2) is 44.2 Å². The first-order chi connectivity index (χ1) is 12.1. The van der Waals surface area contributed by atoms with Crippen molar-refractivity contribution in [3.05, 3.63) is 54.3 Å². The number of likely N-dealkylation sites (tertiary alicyclic amines) is 1. The third kappa shape index (κ3) is 6.39. The summed E-state index contributed by atoms with van der Waals surface area (Å²) in [5.74, 6) is 1.28. The van der Waals surface area contributed by atoms with E-state index in [1.807, 2.05) is 43.3 Å². The molecule has 136 valence electrons. The van der Waals surface area contributed by atoms with E-state index >= 15 is 0 Å². The van der Waals surface area contributed by atoms with Gasteiger partial charge < -0.3 is 9.47 Å². The molecule has 1 heterocycles. The lowest BCUT2D eigenvalue weighted by Crippen LogP contribution is -2.36. The summed E-state index contributed by atoms with van der Waals surface area (Å²) in [5.41, 5.74) is 2.06. The van der Waals surface area contributed by atoms with Crippen molar-refractivity contribution in [3.63, 3.8) is 0 Å². The molecular formula is C21H29NO3. The Morgan fingerprint density at radius 3 is 2.56 bits per heavy atom. The Morgan fingerprint density at radius 1 is 1.28 bits per heavy atom. The first-order valence-electron chi connectivity index (χ1n) is 8.99. The normalized spacial score (nSPS) is 16.5. The van der Waals surface area contributed by atoms with Crippen LogP contribution in [0.3, 0.4) is 0 Å². The highest BCUT2D eigenvalue weighted by atomic mass is 16.5. The van der Waals surface area contributed by atoms with Crippen molar-refractivity contribution in [1.82, 2.24) is 4.90 Å². The second kappa shape index (κ2) is 10.0. The molecule has 0 bridgehead atoms. The van der Waals surface area contributed by atoms with E-state index in [1.54, 1.807) is 7.11 Å².